The lowest BCUT2D eigenvalue weighted by Gasteiger charge is -2.11. The van der Waals surface area contributed by atoms with Crippen LogP contribution in [0, 0.1) is 17.0 Å². The summed E-state index contributed by atoms with van der Waals surface area (Å²) in [4.78, 5) is 21.9. The average Bonchev–Trinajstić information content (AvgIpc) is 2.52. The molecule has 1 N–H and O–H groups in total. The topological polar surface area (TPSA) is 81.5 Å². The third kappa shape index (κ3) is 4.29. The van der Waals surface area contributed by atoms with Gasteiger partial charge in [-0.25, -0.2) is 0 Å². The van der Waals surface area contributed by atoms with Gasteiger partial charge in [-0.05, 0) is 37.6 Å². The minimum absolute atomic E-state index is 0.117. The summed E-state index contributed by atoms with van der Waals surface area (Å²) >= 11 is 0. The molecule has 0 aliphatic rings. The molecule has 6 nitrogen and oxygen atoms in total. The van der Waals surface area contributed by atoms with E-state index < -0.39 is 4.92 Å². The maximum Gasteiger partial charge on any atom is 0.293 e. The SMILES string of the molecule is CC(=O)c1ccc(NCCOc2ccccc2C)c([N+](=O)[O-])c1. The molecule has 0 unspecified atom stereocenters. The zero-order valence-corrected chi connectivity index (χ0v) is 13.0. The Bertz CT molecular complexity index is 728. The summed E-state index contributed by atoms with van der Waals surface area (Å²) in [6.45, 7) is 4.11. The van der Waals surface area contributed by atoms with Crippen LogP contribution >= 0.6 is 0 Å². The van der Waals surface area contributed by atoms with Crippen LogP contribution in [-0.2, 0) is 0 Å². The third-order valence-electron chi connectivity index (χ3n) is 3.37. The molecule has 0 aromatic heterocycles. The second-order valence-electron chi connectivity index (χ2n) is 5.09. The van der Waals surface area contributed by atoms with Gasteiger partial charge in [-0.2, -0.15) is 0 Å². The van der Waals surface area contributed by atoms with Crippen molar-refractivity contribution in [2.45, 2.75) is 13.8 Å². The molecule has 0 aliphatic carbocycles. The number of carbonyl (C=O) groups excluding carboxylic acids is 1. The third-order valence-corrected chi connectivity index (χ3v) is 3.37. The summed E-state index contributed by atoms with van der Waals surface area (Å²) < 4.78 is 5.63. The van der Waals surface area contributed by atoms with E-state index in [2.05, 4.69) is 5.32 Å². The molecule has 0 saturated carbocycles. The first kappa shape index (κ1) is 16.5. The van der Waals surface area contributed by atoms with Crippen molar-refractivity contribution < 1.29 is 14.5 Å². The van der Waals surface area contributed by atoms with Gasteiger partial charge in [0.1, 0.15) is 18.0 Å². The molecule has 2 aromatic rings. The molecule has 0 atom stereocenters. The quantitative estimate of drug-likeness (QED) is 0.365. The number of nitro benzene ring substituents is 1. The monoisotopic (exact) mass is 314 g/mol. The van der Waals surface area contributed by atoms with E-state index >= 15 is 0 Å². The fraction of sp³-hybridized carbons (Fsp3) is 0.235. The first-order valence-electron chi connectivity index (χ1n) is 7.20. The molecular formula is C17H18N2O4. The molecule has 0 saturated heterocycles. The summed E-state index contributed by atoms with van der Waals surface area (Å²) in [5, 5.41) is 14.1. The Balaban J connectivity index is 1.99. The number of nitro groups is 1. The van der Waals surface area contributed by atoms with Crippen molar-refractivity contribution in [3.8, 4) is 5.75 Å². The average molecular weight is 314 g/mol. The van der Waals surface area contributed by atoms with Crippen molar-refractivity contribution in [2.75, 3.05) is 18.5 Å². The number of anilines is 1. The van der Waals surface area contributed by atoms with Crippen LogP contribution in [0.5, 0.6) is 5.75 Å². The number of hydrogen-bond acceptors (Lipinski definition) is 5. The second-order valence-corrected chi connectivity index (χ2v) is 5.09. The van der Waals surface area contributed by atoms with Crippen molar-refractivity contribution in [3.63, 3.8) is 0 Å². The Kier molecular flexibility index (Phi) is 5.30. The Hall–Kier alpha value is -2.89. The molecule has 0 bridgehead atoms. The van der Waals surface area contributed by atoms with E-state index in [0.29, 0.717) is 24.4 Å². The highest BCUT2D eigenvalue weighted by Crippen LogP contribution is 2.25. The van der Waals surface area contributed by atoms with Gasteiger partial charge in [0.25, 0.3) is 5.69 Å². The molecule has 0 heterocycles. The van der Waals surface area contributed by atoms with Crippen LogP contribution in [0.1, 0.15) is 22.8 Å². The van der Waals surface area contributed by atoms with E-state index in [4.69, 9.17) is 4.74 Å². The van der Waals surface area contributed by atoms with Gasteiger partial charge in [0, 0.05) is 18.2 Å². The van der Waals surface area contributed by atoms with Crippen LogP contribution in [0.3, 0.4) is 0 Å². The number of nitrogens with one attached hydrogen (secondary N) is 1. The van der Waals surface area contributed by atoms with Crippen LogP contribution < -0.4 is 10.1 Å². The van der Waals surface area contributed by atoms with Gasteiger partial charge in [-0.1, -0.05) is 18.2 Å². The van der Waals surface area contributed by atoms with Gasteiger partial charge in [-0.3, -0.25) is 14.9 Å². The van der Waals surface area contributed by atoms with Crippen molar-refractivity contribution in [2.24, 2.45) is 0 Å². The Morgan fingerprint density at radius 3 is 2.65 bits per heavy atom. The summed E-state index contributed by atoms with van der Waals surface area (Å²) in [6.07, 6.45) is 0. The number of Topliss-reactive ketones (excluding diaryl/α,β-unsaturated/α-hetero) is 1. The molecule has 0 radical (unpaired) electrons. The van der Waals surface area contributed by atoms with E-state index in [9.17, 15) is 14.9 Å². The van der Waals surface area contributed by atoms with Gasteiger partial charge in [0.15, 0.2) is 5.78 Å². The van der Waals surface area contributed by atoms with Gasteiger partial charge in [-0.15, -0.1) is 0 Å². The van der Waals surface area contributed by atoms with E-state index in [1.165, 1.54) is 13.0 Å². The minimum Gasteiger partial charge on any atom is -0.491 e. The Morgan fingerprint density at radius 1 is 1.26 bits per heavy atom. The van der Waals surface area contributed by atoms with E-state index in [-0.39, 0.29) is 11.5 Å². The first-order valence-corrected chi connectivity index (χ1v) is 7.20. The molecule has 2 aromatic carbocycles. The number of carbonyl (C=O) groups is 1. The lowest BCUT2D eigenvalue weighted by molar-refractivity contribution is -0.384. The van der Waals surface area contributed by atoms with Crippen LogP contribution in [-0.4, -0.2) is 23.9 Å². The number of aryl methyl sites for hydroxylation is 1. The van der Waals surface area contributed by atoms with Crippen molar-refractivity contribution >= 4 is 17.2 Å². The molecule has 0 spiro atoms. The van der Waals surface area contributed by atoms with Gasteiger partial charge < -0.3 is 10.1 Å². The predicted molar refractivity (Wildman–Crippen MR) is 88.3 cm³/mol. The predicted octanol–water partition coefficient (Wildman–Crippen LogP) is 3.60. The molecule has 0 fully saturated rings. The second kappa shape index (κ2) is 7.40. The van der Waals surface area contributed by atoms with Gasteiger partial charge in [0.2, 0.25) is 0 Å². The van der Waals surface area contributed by atoms with Crippen LogP contribution in [0.2, 0.25) is 0 Å². The summed E-state index contributed by atoms with van der Waals surface area (Å²) in [5.41, 5.74) is 1.60. The Morgan fingerprint density at radius 2 is 2.00 bits per heavy atom. The van der Waals surface area contributed by atoms with Gasteiger partial charge >= 0.3 is 0 Å². The maximum atomic E-state index is 11.3. The summed E-state index contributed by atoms with van der Waals surface area (Å²) in [5.74, 6) is 0.582. The van der Waals surface area contributed by atoms with Crippen LogP contribution in [0.15, 0.2) is 42.5 Å². The number of hydrogen-bond donors (Lipinski definition) is 1. The molecular weight excluding hydrogens is 296 g/mol. The fourth-order valence-electron chi connectivity index (χ4n) is 2.12. The van der Waals surface area contributed by atoms with Crippen LogP contribution in [0.25, 0.3) is 0 Å². The fourth-order valence-corrected chi connectivity index (χ4v) is 2.12. The van der Waals surface area contributed by atoms with Crippen molar-refractivity contribution in [1.29, 1.82) is 0 Å². The number of nitrogens with zero attached hydrogens (tertiary/aromatic N) is 1. The highest BCUT2D eigenvalue weighted by molar-refractivity contribution is 5.95. The highest BCUT2D eigenvalue weighted by Gasteiger charge is 2.15. The molecule has 6 heteroatoms. The largest absolute Gasteiger partial charge is 0.491 e. The normalized spacial score (nSPS) is 10.2. The highest BCUT2D eigenvalue weighted by atomic mass is 16.6. The number of para-hydroxylation sites is 1. The molecule has 2 rings (SSSR count). The van der Waals surface area contributed by atoms with Crippen molar-refractivity contribution in [3.05, 3.63) is 63.7 Å². The Labute approximate surface area is 134 Å². The van der Waals surface area contributed by atoms with E-state index in [1.54, 1.807) is 12.1 Å². The number of ketones is 1. The lowest BCUT2D eigenvalue weighted by atomic mass is 10.1. The number of rotatable bonds is 7. The molecule has 120 valence electrons. The molecule has 0 aliphatic heterocycles. The van der Waals surface area contributed by atoms with Gasteiger partial charge in [0.05, 0.1) is 4.92 Å². The zero-order valence-electron chi connectivity index (χ0n) is 13.0. The number of benzene rings is 2. The zero-order chi connectivity index (χ0) is 16.8. The van der Waals surface area contributed by atoms with Crippen molar-refractivity contribution in [1.82, 2.24) is 0 Å². The van der Waals surface area contributed by atoms with Crippen LogP contribution in [0.4, 0.5) is 11.4 Å². The smallest absolute Gasteiger partial charge is 0.293 e. The summed E-state index contributed by atoms with van der Waals surface area (Å²) in [6, 6.07) is 12.0. The van der Waals surface area contributed by atoms with E-state index in [1.807, 2.05) is 31.2 Å². The van der Waals surface area contributed by atoms with E-state index in [0.717, 1.165) is 11.3 Å². The lowest BCUT2D eigenvalue weighted by Crippen LogP contribution is -2.13. The minimum atomic E-state index is -0.503. The summed E-state index contributed by atoms with van der Waals surface area (Å²) in [7, 11) is 0. The molecule has 0 amide bonds. The maximum absolute atomic E-state index is 11.3. The standard InChI is InChI=1S/C17H18N2O4/c1-12-5-3-4-6-17(12)23-10-9-18-15-8-7-14(13(2)20)11-16(15)19(21)22/h3-8,11,18H,9-10H2,1-2H3. The first-order chi connectivity index (χ1) is 11.0. The number of ether oxygens (including phenoxy) is 1. The molecule has 23 heavy (non-hydrogen) atoms.